The topological polar surface area (TPSA) is 76.0 Å². The molecule has 0 aliphatic rings. The van der Waals surface area contributed by atoms with Crippen LogP contribution in [-0.2, 0) is 10.1 Å². The van der Waals surface area contributed by atoms with Crippen molar-refractivity contribution in [3.63, 3.8) is 0 Å². The molecule has 0 unspecified atom stereocenters. The first-order chi connectivity index (χ1) is 9.92. The average molecular weight is 391 g/mol. The monoisotopic (exact) mass is 389 g/mol. The Kier molecular flexibility index (Phi) is 4.87. The predicted molar refractivity (Wildman–Crippen MR) is 82.8 cm³/mol. The molecule has 110 valence electrons. The summed E-state index contributed by atoms with van der Waals surface area (Å²) < 4.78 is 29.7. The lowest BCUT2D eigenvalue weighted by Gasteiger charge is -2.09. The largest absolute Gasteiger partial charge is 0.411 e. The van der Waals surface area contributed by atoms with E-state index in [4.69, 9.17) is 21.0 Å². The van der Waals surface area contributed by atoms with E-state index in [1.54, 1.807) is 12.1 Å². The zero-order valence-electron chi connectivity index (χ0n) is 10.4. The van der Waals surface area contributed by atoms with Crippen molar-refractivity contribution < 1.29 is 17.8 Å². The van der Waals surface area contributed by atoms with E-state index in [2.05, 4.69) is 21.1 Å². The lowest BCUT2D eigenvalue weighted by molar-refractivity contribution is 0.322. The Morgan fingerprint density at radius 3 is 2.43 bits per heavy atom. The molecule has 0 bridgehead atoms. The van der Waals surface area contributed by atoms with Gasteiger partial charge < -0.3 is 9.39 Å². The minimum Gasteiger partial charge on any atom is -0.411 e. The Hall–Kier alpha value is -1.57. The molecule has 0 heterocycles. The lowest BCUT2D eigenvalue weighted by Crippen LogP contribution is -2.10. The van der Waals surface area contributed by atoms with Crippen LogP contribution in [0.1, 0.15) is 5.56 Å². The van der Waals surface area contributed by atoms with E-state index in [-0.39, 0.29) is 10.6 Å². The third-order valence-corrected chi connectivity index (χ3v) is 4.58. The predicted octanol–water partition coefficient (Wildman–Crippen LogP) is 3.68. The summed E-state index contributed by atoms with van der Waals surface area (Å²) in [7, 11) is -3.95. The van der Waals surface area contributed by atoms with Crippen molar-refractivity contribution in [1.82, 2.24) is 0 Å². The molecule has 1 N–H and O–H groups in total. The van der Waals surface area contributed by atoms with Crippen molar-refractivity contribution in [3.8, 4) is 5.75 Å². The summed E-state index contributed by atoms with van der Waals surface area (Å²) >= 11 is 8.92. The van der Waals surface area contributed by atoms with Gasteiger partial charge in [0.05, 0.1) is 10.7 Å². The van der Waals surface area contributed by atoms with E-state index >= 15 is 0 Å². The van der Waals surface area contributed by atoms with Gasteiger partial charge in [0.1, 0.15) is 4.90 Å². The van der Waals surface area contributed by atoms with Crippen LogP contribution in [0.2, 0.25) is 5.02 Å². The molecule has 0 fully saturated rings. The summed E-state index contributed by atoms with van der Waals surface area (Å²) in [5.41, 5.74) is 0.584. The van der Waals surface area contributed by atoms with E-state index in [0.717, 1.165) is 0 Å². The smallest absolute Gasteiger partial charge is 0.339 e. The van der Waals surface area contributed by atoms with Gasteiger partial charge in [0.15, 0.2) is 5.75 Å². The normalized spacial score (nSPS) is 11.7. The van der Waals surface area contributed by atoms with Crippen LogP contribution in [0.4, 0.5) is 0 Å². The van der Waals surface area contributed by atoms with Gasteiger partial charge in [0, 0.05) is 5.02 Å². The zero-order chi connectivity index (χ0) is 15.5. The summed E-state index contributed by atoms with van der Waals surface area (Å²) in [5.74, 6) is 0.125. The van der Waals surface area contributed by atoms with Gasteiger partial charge >= 0.3 is 10.1 Å². The van der Waals surface area contributed by atoms with E-state index in [0.29, 0.717) is 15.1 Å². The number of rotatable bonds is 4. The zero-order valence-corrected chi connectivity index (χ0v) is 13.6. The number of benzene rings is 2. The maximum atomic E-state index is 12.1. The third kappa shape index (κ3) is 3.96. The van der Waals surface area contributed by atoms with Crippen LogP contribution in [0.3, 0.4) is 0 Å². The van der Waals surface area contributed by atoms with E-state index in [9.17, 15) is 8.42 Å². The van der Waals surface area contributed by atoms with Crippen LogP contribution >= 0.6 is 27.5 Å². The first-order valence-corrected chi connectivity index (χ1v) is 8.17. The molecule has 8 heteroatoms. The highest BCUT2D eigenvalue weighted by molar-refractivity contribution is 9.10. The van der Waals surface area contributed by atoms with Gasteiger partial charge in [-0.1, -0.05) is 16.8 Å². The minimum atomic E-state index is -3.95. The fourth-order valence-electron chi connectivity index (χ4n) is 1.50. The van der Waals surface area contributed by atoms with Crippen molar-refractivity contribution in [2.24, 2.45) is 5.16 Å². The Morgan fingerprint density at radius 1 is 1.19 bits per heavy atom. The molecule has 21 heavy (non-hydrogen) atoms. The molecule has 0 amide bonds. The van der Waals surface area contributed by atoms with Crippen molar-refractivity contribution in [3.05, 3.63) is 57.5 Å². The molecule has 5 nitrogen and oxygen atoms in total. The van der Waals surface area contributed by atoms with Gasteiger partial charge in [0.25, 0.3) is 0 Å². The quantitative estimate of drug-likeness (QED) is 0.374. The van der Waals surface area contributed by atoms with Crippen LogP contribution in [0.15, 0.2) is 57.0 Å². The number of oxime groups is 1. The van der Waals surface area contributed by atoms with E-state index in [1.807, 2.05) is 0 Å². The lowest BCUT2D eigenvalue weighted by atomic mass is 10.2. The summed E-state index contributed by atoms with van der Waals surface area (Å²) in [5, 5.41) is 11.8. The van der Waals surface area contributed by atoms with Crippen molar-refractivity contribution in [2.45, 2.75) is 4.90 Å². The van der Waals surface area contributed by atoms with Crippen molar-refractivity contribution in [2.75, 3.05) is 0 Å². The summed E-state index contributed by atoms with van der Waals surface area (Å²) in [6.07, 6.45) is 1.21. The summed E-state index contributed by atoms with van der Waals surface area (Å²) in [4.78, 5) is -0.000188. The first kappa shape index (κ1) is 15.8. The maximum absolute atomic E-state index is 12.1. The molecule has 2 aromatic rings. The van der Waals surface area contributed by atoms with Gasteiger partial charge in [0.2, 0.25) is 0 Å². The molecule has 0 saturated carbocycles. The van der Waals surface area contributed by atoms with Gasteiger partial charge in [-0.25, -0.2) is 0 Å². The van der Waals surface area contributed by atoms with Crippen LogP contribution in [0.5, 0.6) is 5.75 Å². The highest BCUT2D eigenvalue weighted by Crippen LogP contribution is 2.28. The highest BCUT2D eigenvalue weighted by Gasteiger charge is 2.18. The standard InChI is InChI=1S/C13H9BrClNO4S/c14-12-7-9(8-16-17)1-6-13(12)20-21(18,19)11-4-2-10(15)3-5-11/h1-8,17H/b16-8-. The second kappa shape index (κ2) is 6.46. The Labute approximate surface area is 135 Å². The van der Waals surface area contributed by atoms with E-state index < -0.39 is 10.1 Å². The molecule has 0 spiro atoms. The molecular formula is C13H9BrClNO4S. The molecule has 0 aromatic heterocycles. The van der Waals surface area contributed by atoms with Gasteiger partial charge in [-0.3, -0.25) is 0 Å². The second-order valence-electron chi connectivity index (χ2n) is 3.93. The number of hydrogen-bond donors (Lipinski definition) is 1. The molecular weight excluding hydrogens is 382 g/mol. The molecule has 0 atom stereocenters. The van der Waals surface area contributed by atoms with Gasteiger partial charge in [-0.15, -0.1) is 0 Å². The Balaban J connectivity index is 2.30. The minimum absolute atomic E-state index is 0.000188. The molecule has 0 aliphatic heterocycles. The number of halogens is 2. The summed E-state index contributed by atoms with van der Waals surface area (Å²) in [6.45, 7) is 0. The van der Waals surface area contributed by atoms with Crippen LogP contribution in [0, 0.1) is 0 Å². The average Bonchev–Trinajstić information content (AvgIpc) is 2.42. The maximum Gasteiger partial charge on any atom is 0.339 e. The first-order valence-electron chi connectivity index (χ1n) is 5.59. The van der Waals surface area contributed by atoms with Crippen molar-refractivity contribution >= 4 is 43.9 Å². The molecule has 2 rings (SSSR count). The Morgan fingerprint density at radius 2 is 1.86 bits per heavy atom. The highest BCUT2D eigenvalue weighted by atomic mass is 79.9. The van der Waals surface area contributed by atoms with Crippen molar-refractivity contribution in [1.29, 1.82) is 0 Å². The molecule has 2 aromatic carbocycles. The number of hydrogen-bond acceptors (Lipinski definition) is 5. The SMILES string of the molecule is O=S(=O)(Oc1ccc(/C=N\O)cc1Br)c1ccc(Cl)cc1. The molecule has 0 saturated heterocycles. The molecule has 0 aliphatic carbocycles. The van der Waals surface area contributed by atoms with Crippen LogP contribution in [-0.4, -0.2) is 19.8 Å². The van der Waals surface area contributed by atoms with Gasteiger partial charge in [-0.2, -0.15) is 8.42 Å². The summed E-state index contributed by atoms with van der Waals surface area (Å²) in [6, 6.07) is 10.2. The van der Waals surface area contributed by atoms with E-state index in [1.165, 1.54) is 36.5 Å². The Bertz CT molecular complexity index is 775. The van der Waals surface area contributed by atoms with Crippen LogP contribution < -0.4 is 4.18 Å². The number of nitrogens with zero attached hydrogens (tertiary/aromatic N) is 1. The van der Waals surface area contributed by atoms with Crippen LogP contribution in [0.25, 0.3) is 0 Å². The second-order valence-corrected chi connectivity index (χ2v) is 6.76. The molecule has 0 radical (unpaired) electrons. The third-order valence-electron chi connectivity index (χ3n) is 2.46. The van der Waals surface area contributed by atoms with Gasteiger partial charge in [-0.05, 0) is 64.0 Å². The fraction of sp³-hybridized carbons (Fsp3) is 0. The fourth-order valence-corrected chi connectivity index (χ4v) is 3.16.